The van der Waals surface area contributed by atoms with Gasteiger partial charge in [-0.1, -0.05) is 0 Å². The number of hydrogen-bond acceptors (Lipinski definition) is 6. The molecule has 1 aliphatic heterocycles. The van der Waals surface area contributed by atoms with Crippen LogP contribution in [-0.2, 0) is 4.74 Å². The van der Waals surface area contributed by atoms with Crippen molar-refractivity contribution < 1.29 is 4.74 Å². The van der Waals surface area contributed by atoms with Gasteiger partial charge in [-0.05, 0) is 13.0 Å². The fourth-order valence-corrected chi connectivity index (χ4v) is 2.72. The average Bonchev–Trinajstić information content (AvgIpc) is 2.86. The second-order valence-corrected chi connectivity index (χ2v) is 5.19. The second-order valence-electron chi connectivity index (χ2n) is 4.12. The lowest BCUT2D eigenvalue weighted by Gasteiger charge is -2.34. The van der Waals surface area contributed by atoms with Crippen molar-refractivity contribution in [2.24, 2.45) is 0 Å². The van der Waals surface area contributed by atoms with Crippen molar-refractivity contribution in [2.45, 2.75) is 13.0 Å². The monoisotopic (exact) mass is 262 g/mol. The summed E-state index contributed by atoms with van der Waals surface area (Å²) in [4.78, 5) is 15.4. The third-order valence-electron chi connectivity index (χ3n) is 2.92. The Balaban J connectivity index is 1.91. The number of hydrogen-bond donors (Lipinski definition) is 0. The minimum atomic E-state index is 0.117. The molecule has 0 saturated carbocycles. The maximum absolute atomic E-state index is 5.56. The van der Waals surface area contributed by atoms with Crippen LogP contribution in [0.25, 0.3) is 0 Å². The molecule has 0 amide bonds. The molecule has 3 heterocycles. The van der Waals surface area contributed by atoms with Gasteiger partial charge in [0, 0.05) is 24.3 Å². The summed E-state index contributed by atoms with van der Waals surface area (Å²) >= 11 is 1.66. The number of aryl methyl sites for hydroxylation is 1. The summed E-state index contributed by atoms with van der Waals surface area (Å²) in [6.45, 7) is 4.16. The Bertz CT molecular complexity index is 516. The van der Waals surface area contributed by atoms with Crippen LogP contribution in [0.2, 0.25) is 0 Å². The van der Waals surface area contributed by atoms with Gasteiger partial charge in [0.1, 0.15) is 0 Å². The average molecular weight is 262 g/mol. The van der Waals surface area contributed by atoms with E-state index in [9.17, 15) is 0 Å². The van der Waals surface area contributed by atoms with E-state index in [2.05, 4.69) is 25.2 Å². The molecule has 0 aromatic carbocycles. The van der Waals surface area contributed by atoms with Crippen LogP contribution in [-0.4, -0.2) is 34.7 Å². The molecule has 2 aromatic rings. The summed E-state index contributed by atoms with van der Waals surface area (Å²) in [5.41, 5.74) is 1.05. The first-order valence-electron chi connectivity index (χ1n) is 5.88. The molecule has 1 atom stereocenters. The number of nitrogens with zero attached hydrogens (tertiary/aromatic N) is 4. The Morgan fingerprint density at radius 1 is 1.39 bits per heavy atom. The lowest BCUT2D eigenvalue weighted by molar-refractivity contribution is 0.0922. The van der Waals surface area contributed by atoms with Gasteiger partial charge in [0.2, 0.25) is 5.95 Å². The number of thiazole rings is 1. The number of aromatic nitrogens is 3. The lowest BCUT2D eigenvalue weighted by atomic mass is 10.2. The van der Waals surface area contributed by atoms with E-state index in [4.69, 9.17) is 4.74 Å². The Hall–Kier alpha value is -1.53. The number of rotatable bonds is 2. The van der Waals surface area contributed by atoms with Crippen LogP contribution in [0.1, 0.15) is 16.7 Å². The highest BCUT2D eigenvalue weighted by Crippen LogP contribution is 2.27. The highest BCUT2D eigenvalue weighted by Gasteiger charge is 2.28. The molecule has 1 saturated heterocycles. The molecule has 3 rings (SSSR count). The van der Waals surface area contributed by atoms with E-state index in [-0.39, 0.29) is 6.04 Å². The van der Waals surface area contributed by atoms with Crippen molar-refractivity contribution in [3.63, 3.8) is 0 Å². The van der Waals surface area contributed by atoms with Crippen LogP contribution < -0.4 is 4.90 Å². The summed E-state index contributed by atoms with van der Waals surface area (Å²) in [6, 6.07) is 1.94. The predicted octanol–water partition coefficient (Wildman–Crippen LogP) is 1.82. The first-order valence-corrected chi connectivity index (χ1v) is 6.76. The second kappa shape index (κ2) is 4.99. The number of anilines is 1. The quantitative estimate of drug-likeness (QED) is 0.826. The molecule has 0 radical (unpaired) electrons. The fraction of sp³-hybridized carbons (Fsp3) is 0.417. The van der Waals surface area contributed by atoms with Gasteiger partial charge in [-0.25, -0.2) is 15.0 Å². The Kier molecular flexibility index (Phi) is 3.21. The number of ether oxygens (including phenoxy) is 1. The van der Waals surface area contributed by atoms with Crippen molar-refractivity contribution in [3.8, 4) is 0 Å². The summed E-state index contributed by atoms with van der Waals surface area (Å²) < 4.78 is 5.56. The van der Waals surface area contributed by atoms with E-state index in [0.717, 1.165) is 23.2 Å². The van der Waals surface area contributed by atoms with Gasteiger partial charge >= 0.3 is 0 Å². The Labute approximate surface area is 109 Å². The van der Waals surface area contributed by atoms with E-state index in [1.165, 1.54) is 0 Å². The van der Waals surface area contributed by atoms with E-state index in [1.807, 2.05) is 13.0 Å². The molecule has 1 fully saturated rings. The molecular weight excluding hydrogens is 248 g/mol. The zero-order valence-corrected chi connectivity index (χ0v) is 10.9. The normalized spacial score (nSPS) is 20.1. The molecule has 0 unspecified atom stereocenters. The van der Waals surface area contributed by atoms with E-state index in [0.29, 0.717) is 13.2 Å². The summed E-state index contributed by atoms with van der Waals surface area (Å²) in [6.07, 6.45) is 3.53. The zero-order chi connectivity index (χ0) is 12.4. The van der Waals surface area contributed by atoms with E-state index < -0.39 is 0 Å². The zero-order valence-electron chi connectivity index (χ0n) is 10.1. The van der Waals surface area contributed by atoms with Crippen molar-refractivity contribution in [1.82, 2.24) is 15.0 Å². The Morgan fingerprint density at radius 2 is 2.22 bits per heavy atom. The van der Waals surface area contributed by atoms with Crippen LogP contribution in [0.3, 0.4) is 0 Å². The molecule has 94 valence electrons. The third-order valence-corrected chi connectivity index (χ3v) is 3.71. The van der Waals surface area contributed by atoms with Crippen molar-refractivity contribution >= 4 is 17.3 Å². The van der Waals surface area contributed by atoms with Gasteiger partial charge in [-0.15, -0.1) is 11.3 Å². The van der Waals surface area contributed by atoms with Crippen LogP contribution in [0.4, 0.5) is 5.95 Å². The minimum absolute atomic E-state index is 0.117. The van der Waals surface area contributed by atoms with Crippen LogP contribution in [0.15, 0.2) is 23.8 Å². The van der Waals surface area contributed by atoms with E-state index in [1.54, 1.807) is 23.7 Å². The van der Waals surface area contributed by atoms with Gasteiger partial charge in [-0.2, -0.15) is 0 Å². The largest absolute Gasteiger partial charge is 0.377 e. The van der Waals surface area contributed by atoms with Gasteiger partial charge in [0.25, 0.3) is 0 Å². The van der Waals surface area contributed by atoms with Crippen molar-refractivity contribution in [1.29, 1.82) is 0 Å². The topological polar surface area (TPSA) is 51.1 Å². The van der Waals surface area contributed by atoms with Gasteiger partial charge in [0.15, 0.2) is 0 Å². The van der Waals surface area contributed by atoms with Gasteiger partial charge < -0.3 is 9.64 Å². The Morgan fingerprint density at radius 3 is 2.94 bits per heavy atom. The molecule has 1 aliphatic rings. The molecule has 18 heavy (non-hydrogen) atoms. The van der Waals surface area contributed by atoms with Crippen molar-refractivity contribution in [3.05, 3.63) is 34.5 Å². The molecule has 0 N–H and O–H groups in total. The summed E-state index contributed by atoms with van der Waals surface area (Å²) in [5, 5.41) is 3.16. The highest BCUT2D eigenvalue weighted by molar-refractivity contribution is 7.09. The first-order chi connectivity index (χ1) is 8.84. The van der Waals surface area contributed by atoms with Crippen LogP contribution in [0, 0.1) is 6.92 Å². The smallest absolute Gasteiger partial charge is 0.225 e. The summed E-state index contributed by atoms with van der Waals surface area (Å²) in [5.74, 6) is 0.747. The molecule has 0 aliphatic carbocycles. The standard InChI is InChI=1S/C12H14N4OS/c1-9-15-10(8-18-9)11-7-17-6-5-16(11)12-13-3-2-4-14-12/h2-4,8,11H,5-7H2,1H3/t11-/m0/s1. The van der Waals surface area contributed by atoms with Gasteiger partial charge in [0.05, 0.1) is 30.0 Å². The molecule has 2 aromatic heterocycles. The van der Waals surface area contributed by atoms with Crippen LogP contribution in [0.5, 0.6) is 0 Å². The van der Waals surface area contributed by atoms with Gasteiger partial charge in [-0.3, -0.25) is 0 Å². The van der Waals surface area contributed by atoms with Crippen LogP contribution >= 0.6 is 11.3 Å². The fourth-order valence-electron chi connectivity index (χ4n) is 2.06. The first kappa shape index (κ1) is 11.6. The lowest BCUT2D eigenvalue weighted by Crippen LogP contribution is -2.40. The maximum atomic E-state index is 5.56. The highest BCUT2D eigenvalue weighted by atomic mass is 32.1. The maximum Gasteiger partial charge on any atom is 0.225 e. The molecular formula is C12H14N4OS. The summed E-state index contributed by atoms with van der Waals surface area (Å²) in [7, 11) is 0. The van der Waals surface area contributed by atoms with Crippen molar-refractivity contribution in [2.75, 3.05) is 24.7 Å². The minimum Gasteiger partial charge on any atom is -0.377 e. The predicted molar refractivity (Wildman–Crippen MR) is 69.8 cm³/mol. The SMILES string of the molecule is Cc1nc([C@@H]2COCCN2c2ncccn2)cs1. The third kappa shape index (κ3) is 2.21. The van der Waals surface area contributed by atoms with E-state index >= 15 is 0 Å². The molecule has 6 heteroatoms. The number of morpholine rings is 1. The molecule has 0 bridgehead atoms. The molecule has 5 nitrogen and oxygen atoms in total. The molecule has 0 spiro atoms.